The molecule has 0 radical (unpaired) electrons. The van der Waals surface area contributed by atoms with Crippen molar-refractivity contribution in [3.63, 3.8) is 0 Å². The van der Waals surface area contributed by atoms with Crippen LogP contribution in [-0.4, -0.2) is 18.4 Å². The van der Waals surface area contributed by atoms with Crippen molar-refractivity contribution >= 4 is 65.1 Å². The summed E-state index contributed by atoms with van der Waals surface area (Å²) >= 11 is 10.3. The number of thiazole rings is 1. The number of fused-ring (bicyclic) bond motifs is 1. The van der Waals surface area contributed by atoms with Gasteiger partial charge in [0, 0.05) is 16.0 Å². The van der Waals surface area contributed by atoms with Crippen LogP contribution in [0.2, 0.25) is 5.02 Å². The van der Waals surface area contributed by atoms with Crippen molar-refractivity contribution in [1.29, 1.82) is 0 Å². The minimum absolute atomic E-state index is 0.0237. The molecule has 2 N–H and O–H groups in total. The number of benzene rings is 1. The van der Waals surface area contributed by atoms with E-state index in [-0.39, 0.29) is 25.1 Å². The van der Waals surface area contributed by atoms with E-state index in [1.807, 2.05) is 0 Å². The Morgan fingerprint density at radius 2 is 2.24 bits per heavy atom. The number of nitrogens with one attached hydrogen (secondary N) is 2. The van der Waals surface area contributed by atoms with Crippen LogP contribution in [0.1, 0.15) is 0 Å². The van der Waals surface area contributed by atoms with Crippen molar-refractivity contribution < 1.29 is 12.8 Å². The highest BCUT2D eigenvalue weighted by Gasteiger charge is 2.26. The average Bonchev–Trinajstić information content (AvgIpc) is 2.97. The zero-order chi connectivity index (χ0) is 15.2. The minimum atomic E-state index is -3.98. The summed E-state index contributed by atoms with van der Waals surface area (Å²) in [5.41, 5.74) is 0.273. The Labute approximate surface area is 135 Å². The fourth-order valence-corrected chi connectivity index (χ4v) is 5.34. The number of hydrogen-bond acceptors (Lipinski definition) is 6. The topological polar surface area (TPSA) is 105 Å². The van der Waals surface area contributed by atoms with Gasteiger partial charge in [-0.25, -0.2) is 18.2 Å². The lowest BCUT2D eigenvalue weighted by atomic mass is 10.3. The van der Waals surface area contributed by atoms with Crippen LogP contribution in [0.25, 0.3) is 11.1 Å². The third kappa shape index (κ3) is 2.59. The van der Waals surface area contributed by atoms with Crippen LogP contribution >= 0.6 is 38.9 Å². The van der Waals surface area contributed by atoms with E-state index in [2.05, 4.69) is 30.6 Å². The Kier molecular flexibility index (Phi) is 3.56. The number of anilines is 1. The maximum atomic E-state index is 12.4. The van der Waals surface area contributed by atoms with Crippen LogP contribution in [0.4, 0.5) is 5.13 Å². The van der Waals surface area contributed by atoms with E-state index in [1.54, 1.807) is 5.38 Å². The van der Waals surface area contributed by atoms with Gasteiger partial charge in [-0.05, 0) is 22.0 Å². The molecule has 3 aromatic rings. The van der Waals surface area contributed by atoms with Gasteiger partial charge in [0.2, 0.25) is 0 Å². The number of hydrogen-bond donors (Lipinski definition) is 2. The van der Waals surface area contributed by atoms with Gasteiger partial charge < -0.3 is 4.42 Å². The highest BCUT2D eigenvalue weighted by molar-refractivity contribution is 9.10. The van der Waals surface area contributed by atoms with Crippen LogP contribution in [0.5, 0.6) is 0 Å². The molecule has 0 saturated carbocycles. The predicted octanol–water partition coefficient (Wildman–Crippen LogP) is 2.79. The van der Waals surface area contributed by atoms with Crippen molar-refractivity contribution in [2.75, 3.05) is 4.72 Å². The largest absolute Gasteiger partial charge is 0.417 e. The summed E-state index contributed by atoms with van der Waals surface area (Å²) in [6.07, 6.45) is 1.47. The smallest absolute Gasteiger partial charge is 0.406 e. The molecular weight excluding hydrogens is 406 g/mol. The van der Waals surface area contributed by atoms with Crippen LogP contribution in [0.3, 0.4) is 0 Å². The van der Waals surface area contributed by atoms with E-state index < -0.39 is 15.8 Å². The lowest BCUT2D eigenvalue weighted by Gasteiger charge is -2.09. The summed E-state index contributed by atoms with van der Waals surface area (Å²) in [6.45, 7) is 0. The highest BCUT2D eigenvalue weighted by atomic mass is 79.9. The molecule has 0 aliphatic heterocycles. The fraction of sp³-hybridized carbons (Fsp3) is 0. The molecule has 0 bridgehead atoms. The Bertz CT molecular complexity index is 978. The summed E-state index contributed by atoms with van der Waals surface area (Å²) in [5.74, 6) is -0.721. The monoisotopic (exact) mass is 409 g/mol. The SMILES string of the molecule is O=c1[nH]c2cc(Br)c(S(=O)(=O)Nc3nccs3)c(Cl)c2o1. The number of aromatic nitrogens is 2. The molecule has 7 nitrogen and oxygen atoms in total. The third-order valence-corrected chi connectivity index (χ3v) is 6.09. The Balaban J connectivity index is 2.21. The Morgan fingerprint density at radius 1 is 1.48 bits per heavy atom. The van der Waals surface area contributed by atoms with E-state index in [9.17, 15) is 13.2 Å². The second-order valence-corrected chi connectivity index (χ2v) is 7.58. The first-order valence-electron chi connectivity index (χ1n) is 5.31. The number of oxazole rings is 1. The predicted molar refractivity (Wildman–Crippen MR) is 82.5 cm³/mol. The molecule has 2 aromatic heterocycles. The van der Waals surface area contributed by atoms with Gasteiger partial charge in [0.1, 0.15) is 9.92 Å². The molecule has 3 rings (SSSR count). The summed E-state index contributed by atoms with van der Waals surface area (Å²) in [7, 11) is -3.98. The molecule has 1 aromatic carbocycles. The number of rotatable bonds is 3. The molecule has 0 unspecified atom stereocenters. The van der Waals surface area contributed by atoms with Crippen molar-refractivity contribution in [1.82, 2.24) is 9.97 Å². The molecule has 0 amide bonds. The summed E-state index contributed by atoms with van der Waals surface area (Å²) in [4.78, 5) is 17.2. The van der Waals surface area contributed by atoms with E-state index in [0.29, 0.717) is 5.52 Å². The number of aromatic amines is 1. The summed E-state index contributed by atoms with van der Waals surface area (Å²) in [6, 6.07) is 1.41. The van der Waals surface area contributed by atoms with Gasteiger partial charge in [0.25, 0.3) is 10.0 Å². The molecule has 0 aliphatic carbocycles. The third-order valence-electron chi connectivity index (χ3n) is 2.49. The van der Waals surface area contributed by atoms with Crippen LogP contribution in [-0.2, 0) is 10.0 Å². The normalized spacial score (nSPS) is 11.9. The molecule has 0 fully saturated rings. The maximum absolute atomic E-state index is 12.4. The van der Waals surface area contributed by atoms with Gasteiger partial charge in [-0.3, -0.25) is 9.71 Å². The molecular formula is C10H5BrClN3O4S2. The Morgan fingerprint density at radius 3 is 2.90 bits per heavy atom. The first-order chi connectivity index (χ1) is 9.88. The van der Waals surface area contributed by atoms with Crippen molar-refractivity contribution in [3.05, 3.63) is 37.7 Å². The zero-order valence-electron chi connectivity index (χ0n) is 9.88. The second kappa shape index (κ2) is 5.13. The number of H-pyrrole nitrogens is 1. The quantitative estimate of drug-likeness (QED) is 0.691. The second-order valence-electron chi connectivity index (χ2n) is 3.84. The van der Waals surface area contributed by atoms with Crippen LogP contribution < -0.4 is 10.5 Å². The minimum Gasteiger partial charge on any atom is -0.406 e. The highest BCUT2D eigenvalue weighted by Crippen LogP contribution is 2.36. The Hall–Kier alpha value is -1.36. The number of halogens is 2. The zero-order valence-corrected chi connectivity index (χ0v) is 13.9. The standard InChI is InChI=1S/C10H5BrClN3O4S2/c11-4-3-5-7(19-10(16)14-5)6(12)8(4)21(17,18)15-9-13-1-2-20-9/h1-3H,(H,13,15)(H,14,16). The maximum Gasteiger partial charge on any atom is 0.417 e. The van der Waals surface area contributed by atoms with Crippen molar-refractivity contribution in [2.45, 2.75) is 4.90 Å². The van der Waals surface area contributed by atoms with Crippen molar-refractivity contribution in [2.24, 2.45) is 0 Å². The lowest BCUT2D eigenvalue weighted by molar-refractivity contribution is 0.554. The number of sulfonamides is 1. The molecule has 0 aliphatic rings. The molecule has 0 saturated heterocycles. The molecule has 11 heteroatoms. The average molecular weight is 411 g/mol. The van der Waals surface area contributed by atoms with Crippen LogP contribution in [0.15, 0.2) is 36.2 Å². The number of nitrogens with zero attached hydrogens (tertiary/aromatic N) is 1. The lowest BCUT2D eigenvalue weighted by Crippen LogP contribution is -2.14. The van der Waals surface area contributed by atoms with Gasteiger partial charge in [0.05, 0.1) is 5.52 Å². The first kappa shape index (κ1) is 14.6. The van der Waals surface area contributed by atoms with Crippen LogP contribution in [0, 0.1) is 0 Å². The van der Waals surface area contributed by atoms with Gasteiger partial charge in [0.15, 0.2) is 10.7 Å². The van der Waals surface area contributed by atoms with Crippen molar-refractivity contribution in [3.8, 4) is 0 Å². The van der Waals surface area contributed by atoms with E-state index in [0.717, 1.165) is 11.3 Å². The van der Waals surface area contributed by atoms with Gasteiger partial charge >= 0.3 is 5.76 Å². The summed E-state index contributed by atoms with van der Waals surface area (Å²) < 4.78 is 32.2. The van der Waals surface area contributed by atoms with Gasteiger partial charge in [-0.2, -0.15) is 0 Å². The molecule has 2 heterocycles. The van der Waals surface area contributed by atoms with Gasteiger partial charge in [-0.15, -0.1) is 11.3 Å². The van der Waals surface area contributed by atoms with E-state index in [1.165, 1.54) is 12.3 Å². The molecule has 21 heavy (non-hydrogen) atoms. The van der Waals surface area contributed by atoms with E-state index >= 15 is 0 Å². The first-order valence-corrected chi connectivity index (χ1v) is 8.85. The van der Waals surface area contributed by atoms with Gasteiger partial charge in [-0.1, -0.05) is 11.6 Å². The molecule has 0 atom stereocenters. The fourth-order valence-electron chi connectivity index (χ4n) is 1.69. The molecule has 0 spiro atoms. The van der Waals surface area contributed by atoms with E-state index in [4.69, 9.17) is 16.0 Å². The molecule has 110 valence electrons. The summed E-state index contributed by atoms with van der Waals surface area (Å²) in [5, 5.41) is 1.64.